The van der Waals surface area contributed by atoms with Crippen LogP contribution >= 0.6 is 0 Å². The number of hydrogen-bond acceptors (Lipinski definition) is 6. The summed E-state index contributed by atoms with van der Waals surface area (Å²) in [4.78, 5) is 21.7. The molecule has 0 spiro atoms. The van der Waals surface area contributed by atoms with Crippen molar-refractivity contribution in [3.63, 3.8) is 0 Å². The summed E-state index contributed by atoms with van der Waals surface area (Å²) in [5.41, 5.74) is 3.48. The molecule has 0 saturated carbocycles. The molecule has 2 rings (SSSR count). The zero-order chi connectivity index (χ0) is 17.5. The smallest absolute Gasteiger partial charge is 0.277 e. The van der Waals surface area contributed by atoms with Gasteiger partial charge in [-0.3, -0.25) is 14.9 Å². The van der Waals surface area contributed by atoms with Gasteiger partial charge in [0.15, 0.2) is 6.61 Å². The number of benzene rings is 2. The Balaban J connectivity index is 1.86. The van der Waals surface area contributed by atoms with Crippen molar-refractivity contribution in [1.82, 2.24) is 5.43 Å². The van der Waals surface area contributed by atoms with Crippen LogP contribution in [0.4, 0.5) is 5.69 Å². The molecule has 24 heavy (non-hydrogen) atoms. The number of amides is 1. The number of rotatable bonds is 6. The number of nitrogens with one attached hydrogen (secondary N) is 1. The van der Waals surface area contributed by atoms with Gasteiger partial charge in [0, 0.05) is 11.6 Å². The van der Waals surface area contributed by atoms with Gasteiger partial charge < -0.3 is 9.84 Å². The van der Waals surface area contributed by atoms with Crippen molar-refractivity contribution in [3.8, 4) is 11.5 Å². The van der Waals surface area contributed by atoms with Crippen LogP contribution in [0, 0.1) is 17.0 Å². The van der Waals surface area contributed by atoms with Gasteiger partial charge in [0.1, 0.15) is 11.5 Å². The molecule has 2 aromatic rings. The Morgan fingerprint density at radius 2 is 2.17 bits per heavy atom. The van der Waals surface area contributed by atoms with Crippen molar-refractivity contribution >= 4 is 17.8 Å². The molecule has 8 nitrogen and oxygen atoms in total. The standard InChI is InChI=1S/C16H15N3O5/c1-11-5-6-12(15(20)7-11)9-17-18-16(21)10-24-14-4-2-3-13(8-14)19(22)23/h2-9,20H,10H2,1H3,(H,18,21)/b17-9+. The van der Waals surface area contributed by atoms with Gasteiger partial charge in [0.25, 0.3) is 11.6 Å². The number of nitrogens with zero attached hydrogens (tertiary/aromatic N) is 2. The first-order valence-electron chi connectivity index (χ1n) is 6.94. The van der Waals surface area contributed by atoms with E-state index in [-0.39, 0.29) is 23.8 Å². The van der Waals surface area contributed by atoms with E-state index in [4.69, 9.17) is 4.74 Å². The van der Waals surface area contributed by atoms with Crippen LogP contribution in [0.3, 0.4) is 0 Å². The number of non-ortho nitro benzene ring substituents is 1. The van der Waals surface area contributed by atoms with E-state index in [1.165, 1.54) is 30.5 Å². The van der Waals surface area contributed by atoms with E-state index >= 15 is 0 Å². The summed E-state index contributed by atoms with van der Waals surface area (Å²) in [6, 6.07) is 10.6. The Bertz CT molecular complexity index is 789. The molecule has 8 heteroatoms. The van der Waals surface area contributed by atoms with E-state index in [0.29, 0.717) is 5.56 Å². The Kier molecular flexibility index (Phi) is 5.45. The van der Waals surface area contributed by atoms with Crippen LogP contribution < -0.4 is 10.2 Å². The number of hydrazone groups is 1. The van der Waals surface area contributed by atoms with Crippen molar-refractivity contribution < 1.29 is 19.6 Å². The second kappa shape index (κ2) is 7.73. The summed E-state index contributed by atoms with van der Waals surface area (Å²) in [5, 5.41) is 24.1. The van der Waals surface area contributed by atoms with E-state index < -0.39 is 10.8 Å². The predicted molar refractivity (Wildman–Crippen MR) is 87.2 cm³/mol. The van der Waals surface area contributed by atoms with Gasteiger partial charge in [-0.2, -0.15) is 5.10 Å². The summed E-state index contributed by atoms with van der Waals surface area (Å²) in [7, 11) is 0. The van der Waals surface area contributed by atoms with Crippen LogP contribution in [0.15, 0.2) is 47.6 Å². The van der Waals surface area contributed by atoms with E-state index in [1.54, 1.807) is 18.2 Å². The number of ether oxygens (including phenoxy) is 1. The highest BCUT2D eigenvalue weighted by atomic mass is 16.6. The van der Waals surface area contributed by atoms with Gasteiger partial charge in [-0.05, 0) is 30.7 Å². The van der Waals surface area contributed by atoms with E-state index in [0.717, 1.165) is 5.56 Å². The Hall–Kier alpha value is -3.42. The maximum atomic E-state index is 11.6. The molecule has 2 N–H and O–H groups in total. The van der Waals surface area contributed by atoms with Crippen molar-refractivity contribution in [1.29, 1.82) is 0 Å². The van der Waals surface area contributed by atoms with Crippen LogP contribution in [0.1, 0.15) is 11.1 Å². The normalized spacial score (nSPS) is 10.5. The lowest BCUT2D eigenvalue weighted by Crippen LogP contribution is -2.24. The third kappa shape index (κ3) is 4.80. The SMILES string of the molecule is Cc1ccc(/C=N/NC(=O)COc2cccc([N+](=O)[O-])c2)c(O)c1. The molecule has 0 fully saturated rings. The van der Waals surface area contributed by atoms with Crippen LogP contribution in [0.2, 0.25) is 0 Å². The van der Waals surface area contributed by atoms with E-state index in [1.807, 2.05) is 6.92 Å². The Labute approximate surface area is 137 Å². The predicted octanol–water partition coefficient (Wildman–Crippen LogP) is 2.14. The highest BCUT2D eigenvalue weighted by Gasteiger charge is 2.08. The number of nitro benzene ring substituents is 1. The van der Waals surface area contributed by atoms with E-state index in [9.17, 15) is 20.0 Å². The molecule has 1 amide bonds. The van der Waals surface area contributed by atoms with Gasteiger partial charge in [0.2, 0.25) is 0 Å². The minimum absolute atomic E-state index is 0.0563. The quantitative estimate of drug-likeness (QED) is 0.479. The lowest BCUT2D eigenvalue weighted by Gasteiger charge is -2.04. The number of aromatic hydroxyl groups is 1. The molecule has 0 aromatic heterocycles. The van der Waals surface area contributed by atoms with Gasteiger partial charge in [-0.1, -0.05) is 12.1 Å². The van der Waals surface area contributed by atoms with Gasteiger partial charge in [0.05, 0.1) is 17.2 Å². The molecule has 2 aromatic carbocycles. The minimum atomic E-state index is -0.550. The number of carbonyl (C=O) groups is 1. The van der Waals surface area contributed by atoms with Gasteiger partial charge >= 0.3 is 0 Å². The number of phenolic OH excluding ortho intramolecular Hbond substituents is 1. The van der Waals surface area contributed by atoms with Crippen molar-refractivity contribution in [2.24, 2.45) is 5.10 Å². The average molecular weight is 329 g/mol. The first kappa shape index (κ1) is 16.9. The van der Waals surface area contributed by atoms with Gasteiger partial charge in [-0.25, -0.2) is 5.43 Å². The summed E-state index contributed by atoms with van der Waals surface area (Å²) < 4.78 is 5.16. The molecular formula is C16H15N3O5. The Morgan fingerprint density at radius 1 is 1.38 bits per heavy atom. The molecule has 0 saturated heterocycles. The monoisotopic (exact) mass is 329 g/mol. The largest absolute Gasteiger partial charge is 0.507 e. The fourth-order valence-electron chi connectivity index (χ4n) is 1.80. The van der Waals surface area contributed by atoms with Gasteiger partial charge in [-0.15, -0.1) is 0 Å². The molecule has 0 radical (unpaired) electrons. The molecule has 0 aliphatic carbocycles. The third-order valence-electron chi connectivity index (χ3n) is 2.98. The molecule has 0 bridgehead atoms. The zero-order valence-electron chi connectivity index (χ0n) is 12.8. The molecule has 0 atom stereocenters. The molecule has 0 heterocycles. The van der Waals surface area contributed by atoms with Crippen molar-refractivity contribution in [3.05, 3.63) is 63.7 Å². The minimum Gasteiger partial charge on any atom is -0.507 e. The van der Waals surface area contributed by atoms with Crippen molar-refractivity contribution in [2.75, 3.05) is 6.61 Å². The molecule has 124 valence electrons. The second-order valence-electron chi connectivity index (χ2n) is 4.90. The van der Waals surface area contributed by atoms with Crippen molar-refractivity contribution in [2.45, 2.75) is 6.92 Å². The highest BCUT2D eigenvalue weighted by Crippen LogP contribution is 2.19. The first-order valence-corrected chi connectivity index (χ1v) is 6.94. The molecule has 0 aliphatic rings. The molecule has 0 unspecified atom stereocenters. The van der Waals surface area contributed by atoms with Crippen LogP contribution in [-0.2, 0) is 4.79 Å². The number of hydrogen-bond donors (Lipinski definition) is 2. The number of nitro groups is 1. The zero-order valence-corrected chi connectivity index (χ0v) is 12.8. The number of carbonyl (C=O) groups excluding carboxylic acids is 1. The van der Waals surface area contributed by atoms with Crippen LogP contribution in [0.25, 0.3) is 0 Å². The lowest BCUT2D eigenvalue weighted by atomic mass is 10.1. The molecule has 0 aliphatic heterocycles. The first-order chi connectivity index (χ1) is 11.5. The number of aryl methyl sites for hydroxylation is 1. The maximum absolute atomic E-state index is 11.6. The summed E-state index contributed by atoms with van der Waals surface area (Å²) in [5.74, 6) is -0.273. The lowest BCUT2D eigenvalue weighted by molar-refractivity contribution is -0.384. The average Bonchev–Trinajstić information content (AvgIpc) is 2.55. The summed E-state index contributed by atoms with van der Waals surface area (Å²) in [6.07, 6.45) is 1.31. The second-order valence-corrected chi connectivity index (χ2v) is 4.90. The summed E-state index contributed by atoms with van der Waals surface area (Å²) in [6.45, 7) is 1.49. The number of phenols is 1. The fourth-order valence-corrected chi connectivity index (χ4v) is 1.80. The maximum Gasteiger partial charge on any atom is 0.277 e. The summed E-state index contributed by atoms with van der Waals surface area (Å²) >= 11 is 0. The fraction of sp³-hybridized carbons (Fsp3) is 0.125. The highest BCUT2D eigenvalue weighted by molar-refractivity contribution is 5.85. The van der Waals surface area contributed by atoms with Crippen LogP contribution in [0.5, 0.6) is 11.5 Å². The van der Waals surface area contributed by atoms with E-state index in [2.05, 4.69) is 10.5 Å². The Morgan fingerprint density at radius 3 is 2.88 bits per heavy atom. The van der Waals surface area contributed by atoms with Crippen LogP contribution in [-0.4, -0.2) is 28.8 Å². The third-order valence-corrected chi connectivity index (χ3v) is 2.98. The topological polar surface area (TPSA) is 114 Å². The molecular weight excluding hydrogens is 314 g/mol.